The maximum Gasteiger partial charge on any atom is 0.329 e. The zero-order valence-electron chi connectivity index (χ0n) is 13.7. The lowest BCUT2D eigenvalue weighted by atomic mass is 10.1. The smallest absolute Gasteiger partial charge is 0.329 e. The van der Waals surface area contributed by atoms with E-state index in [4.69, 9.17) is 0 Å². The zero-order chi connectivity index (χ0) is 17.0. The van der Waals surface area contributed by atoms with Gasteiger partial charge in [0.15, 0.2) is 0 Å². The molecule has 0 bridgehead atoms. The molecule has 0 fully saturated rings. The third-order valence-corrected chi connectivity index (χ3v) is 3.81. The van der Waals surface area contributed by atoms with E-state index in [2.05, 4.69) is 24.1 Å². The lowest BCUT2D eigenvalue weighted by molar-refractivity contribution is 0.177. The third-order valence-electron chi connectivity index (χ3n) is 3.81. The van der Waals surface area contributed by atoms with Crippen LogP contribution in [0.3, 0.4) is 0 Å². The van der Waals surface area contributed by atoms with Gasteiger partial charge in [0, 0.05) is 18.3 Å². The van der Waals surface area contributed by atoms with Crippen molar-refractivity contribution in [1.29, 1.82) is 0 Å². The van der Waals surface area contributed by atoms with Crippen molar-refractivity contribution < 1.29 is 5.11 Å². The molecule has 0 aliphatic heterocycles. The van der Waals surface area contributed by atoms with Crippen molar-refractivity contribution in [3.63, 3.8) is 0 Å². The van der Waals surface area contributed by atoms with Gasteiger partial charge >= 0.3 is 5.69 Å². The number of H-pyrrole nitrogens is 1. The summed E-state index contributed by atoms with van der Waals surface area (Å²) in [6.45, 7) is 6.12. The first-order valence-corrected chi connectivity index (χ1v) is 7.79. The Balaban J connectivity index is 2.38. The first-order valence-electron chi connectivity index (χ1n) is 7.79. The molecule has 1 aromatic heterocycles. The first-order chi connectivity index (χ1) is 10.9. The fourth-order valence-electron chi connectivity index (χ4n) is 2.44. The van der Waals surface area contributed by atoms with E-state index in [9.17, 15) is 14.7 Å². The molecule has 2 rings (SSSR count). The number of aromatic amines is 1. The van der Waals surface area contributed by atoms with Crippen molar-refractivity contribution in [2.24, 2.45) is 0 Å². The van der Waals surface area contributed by atoms with Crippen molar-refractivity contribution in [1.82, 2.24) is 9.55 Å². The van der Waals surface area contributed by atoms with Gasteiger partial charge in [-0.2, -0.15) is 0 Å². The number of nitrogens with one attached hydrogen (secondary N) is 2. The van der Waals surface area contributed by atoms with Gasteiger partial charge in [-0.15, -0.1) is 0 Å². The van der Waals surface area contributed by atoms with Gasteiger partial charge in [0.2, 0.25) is 0 Å². The minimum absolute atomic E-state index is 0.322. The molecule has 1 unspecified atom stereocenters. The van der Waals surface area contributed by atoms with E-state index < -0.39 is 17.4 Å². The van der Waals surface area contributed by atoms with Crippen LogP contribution in [0.1, 0.15) is 31.4 Å². The number of rotatable bonds is 6. The number of aliphatic hydroxyl groups is 1. The molecule has 3 N–H and O–H groups in total. The number of aliphatic hydroxyl groups excluding tert-OH is 1. The summed E-state index contributed by atoms with van der Waals surface area (Å²) in [5.41, 5.74) is 2.30. The van der Waals surface area contributed by atoms with E-state index in [1.165, 1.54) is 21.8 Å². The van der Waals surface area contributed by atoms with Crippen LogP contribution in [0.5, 0.6) is 0 Å². The number of aromatic nitrogens is 2. The number of hydrogen-bond donors (Lipinski definition) is 3. The van der Waals surface area contributed by atoms with Gasteiger partial charge in [0.05, 0.1) is 6.10 Å². The molecule has 23 heavy (non-hydrogen) atoms. The molecule has 1 atom stereocenters. The van der Waals surface area contributed by atoms with Gasteiger partial charge in [0.1, 0.15) is 5.82 Å². The van der Waals surface area contributed by atoms with Crippen molar-refractivity contribution in [2.75, 3.05) is 5.32 Å². The third kappa shape index (κ3) is 4.32. The summed E-state index contributed by atoms with van der Waals surface area (Å²) < 4.78 is 1.43. The Morgan fingerprint density at radius 1 is 1.30 bits per heavy atom. The van der Waals surface area contributed by atoms with E-state index in [-0.39, 0.29) is 0 Å². The average molecular weight is 317 g/mol. The monoisotopic (exact) mass is 317 g/mol. The van der Waals surface area contributed by atoms with Gasteiger partial charge < -0.3 is 10.4 Å². The van der Waals surface area contributed by atoms with Crippen LogP contribution < -0.4 is 16.6 Å². The molecule has 2 aromatic rings. The van der Waals surface area contributed by atoms with E-state index >= 15 is 0 Å². The normalized spacial score (nSPS) is 12.2. The molecule has 0 aliphatic rings. The summed E-state index contributed by atoms with van der Waals surface area (Å²) in [5.74, 6) is 0.422. The Labute approximate surface area is 134 Å². The molecule has 0 aliphatic carbocycles. The number of hydrogen-bond acceptors (Lipinski definition) is 4. The van der Waals surface area contributed by atoms with Gasteiger partial charge in [0.25, 0.3) is 5.56 Å². The molecule has 6 heteroatoms. The molecule has 0 saturated heterocycles. The van der Waals surface area contributed by atoms with Crippen molar-refractivity contribution in [2.45, 2.75) is 46.3 Å². The van der Waals surface area contributed by atoms with E-state index in [1.54, 1.807) is 6.92 Å². The van der Waals surface area contributed by atoms with Crippen molar-refractivity contribution in [3.05, 3.63) is 56.2 Å². The SMILES string of the molecule is CCc1cc(Nc2cc(=O)[nH]c(=O)n2CCC(C)O)ccc1C. The number of benzene rings is 1. The lowest BCUT2D eigenvalue weighted by Gasteiger charge is -2.15. The van der Waals surface area contributed by atoms with Crippen molar-refractivity contribution >= 4 is 11.5 Å². The van der Waals surface area contributed by atoms with Crippen LogP contribution >= 0.6 is 0 Å². The lowest BCUT2D eigenvalue weighted by Crippen LogP contribution is -2.31. The van der Waals surface area contributed by atoms with E-state index in [0.717, 1.165) is 12.1 Å². The molecule has 1 heterocycles. The van der Waals surface area contributed by atoms with Crippen LogP contribution in [-0.2, 0) is 13.0 Å². The molecule has 124 valence electrons. The number of aryl methyl sites for hydroxylation is 2. The van der Waals surface area contributed by atoms with Gasteiger partial charge in [-0.05, 0) is 49.9 Å². The van der Waals surface area contributed by atoms with Crippen LogP contribution in [0.4, 0.5) is 11.5 Å². The molecule has 6 nitrogen and oxygen atoms in total. The Morgan fingerprint density at radius 3 is 2.70 bits per heavy atom. The number of nitrogens with zero attached hydrogens (tertiary/aromatic N) is 1. The summed E-state index contributed by atoms with van der Waals surface area (Å²) in [6, 6.07) is 7.29. The molecule has 0 radical (unpaired) electrons. The summed E-state index contributed by atoms with van der Waals surface area (Å²) in [4.78, 5) is 25.9. The van der Waals surface area contributed by atoms with Gasteiger partial charge in [-0.3, -0.25) is 14.3 Å². The highest BCUT2D eigenvalue weighted by Crippen LogP contribution is 2.19. The summed E-state index contributed by atoms with van der Waals surface area (Å²) >= 11 is 0. The van der Waals surface area contributed by atoms with Crippen LogP contribution in [0, 0.1) is 6.92 Å². The summed E-state index contributed by atoms with van der Waals surface area (Å²) in [6.07, 6.45) is 0.813. The molecule has 0 saturated carbocycles. The van der Waals surface area contributed by atoms with E-state index in [1.807, 2.05) is 18.2 Å². The second-order valence-electron chi connectivity index (χ2n) is 5.73. The molecular formula is C17H23N3O3. The van der Waals surface area contributed by atoms with Crippen LogP contribution in [-0.4, -0.2) is 20.8 Å². The van der Waals surface area contributed by atoms with Crippen molar-refractivity contribution in [3.8, 4) is 0 Å². The Kier molecular flexibility index (Phi) is 5.39. The molecule has 0 spiro atoms. The van der Waals surface area contributed by atoms with Gasteiger partial charge in [-0.25, -0.2) is 4.79 Å². The fraction of sp³-hybridized carbons (Fsp3) is 0.412. The highest BCUT2D eigenvalue weighted by molar-refractivity contribution is 5.58. The highest BCUT2D eigenvalue weighted by Gasteiger charge is 2.08. The Hall–Kier alpha value is -2.34. The fourth-order valence-corrected chi connectivity index (χ4v) is 2.44. The number of anilines is 2. The Morgan fingerprint density at radius 2 is 2.04 bits per heavy atom. The largest absolute Gasteiger partial charge is 0.393 e. The maximum atomic E-state index is 12.0. The average Bonchev–Trinajstić information content (AvgIpc) is 2.47. The molecule has 1 aromatic carbocycles. The Bertz CT molecular complexity index is 790. The second-order valence-corrected chi connectivity index (χ2v) is 5.73. The second kappa shape index (κ2) is 7.28. The van der Waals surface area contributed by atoms with Crippen LogP contribution in [0.15, 0.2) is 33.9 Å². The van der Waals surface area contributed by atoms with E-state index in [0.29, 0.717) is 18.8 Å². The highest BCUT2D eigenvalue weighted by atomic mass is 16.3. The molecular weight excluding hydrogens is 294 g/mol. The first kappa shape index (κ1) is 17.0. The zero-order valence-corrected chi connectivity index (χ0v) is 13.7. The van der Waals surface area contributed by atoms with Crippen LogP contribution in [0.2, 0.25) is 0 Å². The topological polar surface area (TPSA) is 87.1 Å². The minimum Gasteiger partial charge on any atom is -0.393 e. The molecule has 0 amide bonds. The predicted octanol–water partition coefficient (Wildman–Crippen LogP) is 1.92. The summed E-state index contributed by atoms with van der Waals surface area (Å²) in [7, 11) is 0. The standard InChI is InChI=1S/C17H23N3O3/c1-4-13-9-14(6-5-11(13)2)18-15-10-16(22)19-17(23)20(15)8-7-12(3)21/h5-6,9-10,12,18,21H,4,7-8H2,1-3H3,(H,19,22,23). The van der Waals surface area contributed by atoms with Gasteiger partial charge in [-0.1, -0.05) is 13.0 Å². The maximum absolute atomic E-state index is 12.0. The summed E-state index contributed by atoms with van der Waals surface area (Å²) in [5, 5.41) is 12.6. The quantitative estimate of drug-likeness (QED) is 0.759. The minimum atomic E-state index is -0.521. The van der Waals surface area contributed by atoms with Crippen LogP contribution in [0.25, 0.3) is 0 Å². The predicted molar refractivity (Wildman–Crippen MR) is 91.5 cm³/mol.